The number of rotatable bonds is 4. The van der Waals surface area contributed by atoms with Crippen LogP contribution < -0.4 is 0 Å². The molecule has 0 spiro atoms. The van der Waals surface area contributed by atoms with E-state index in [0.717, 1.165) is 23.0 Å². The van der Waals surface area contributed by atoms with Crippen molar-refractivity contribution in [2.75, 3.05) is 0 Å². The van der Waals surface area contributed by atoms with Crippen LogP contribution in [0, 0.1) is 24.0 Å². The van der Waals surface area contributed by atoms with Crippen molar-refractivity contribution < 1.29 is 4.92 Å². The van der Waals surface area contributed by atoms with Crippen LogP contribution in [0.25, 0.3) is 11.3 Å². The average Bonchev–Trinajstić information content (AvgIpc) is 3.16. The van der Waals surface area contributed by atoms with Crippen molar-refractivity contribution in [3.05, 3.63) is 70.2 Å². The minimum atomic E-state index is -0.427. The fraction of sp³-hybridized carbons (Fsp3) is 0.118. The summed E-state index contributed by atoms with van der Waals surface area (Å²) < 4.78 is 3.34. The first-order valence-electron chi connectivity index (χ1n) is 7.83. The largest absolute Gasteiger partial charge is 0.362 e. The highest BCUT2D eigenvalue weighted by Gasteiger charge is 2.25. The molecule has 0 bridgehead atoms. The summed E-state index contributed by atoms with van der Waals surface area (Å²) in [7, 11) is 0. The molecular formula is C17H14N6O2S. The first-order chi connectivity index (χ1) is 12.6. The molecule has 0 atom stereocenters. The minimum Gasteiger partial charge on any atom is -0.358 e. The topological polar surface area (TPSA) is 91.2 Å². The Morgan fingerprint density at radius 2 is 1.85 bits per heavy atom. The lowest BCUT2D eigenvalue weighted by molar-refractivity contribution is -0.393. The Hall–Kier alpha value is -3.20. The zero-order chi connectivity index (χ0) is 18.3. The number of pyridine rings is 1. The van der Waals surface area contributed by atoms with Gasteiger partial charge in [-0.3, -0.25) is 4.57 Å². The molecule has 9 heteroatoms. The predicted octanol–water partition coefficient (Wildman–Crippen LogP) is 3.59. The number of fused-ring (bicyclic) bond motifs is 1. The maximum Gasteiger partial charge on any atom is 0.362 e. The summed E-state index contributed by atoms with van der Waals surface area (Å²) in [6.45, 7) is 3.85. The Morgan fingerprint density at radius 3 is 2.62 bits per heavy atom. The zero-order valence-electron chi connectivity index (χ0n) is 14.0. The molecule has 3 aromatic heterocycles. The number of benzene rings is 1. The molecule has 4 aromatic rings. The van der Waals surface area contributed by atoms with Gasteiger partial charge in [-0.1, -0.05) is 24.3 Å². The lowest BCUT2D eigenvalue weighted by atomic mass is 10.2. The van der Waals surface area contributed by atoms with E-state index in [4.69, 9.17) is 0 Å². The standard InChI is InChI=1S/C17H14N6O2S/c1-11-7-3-4-8-13(11)22-12(2)19-20-17(22)26-15-16(23(24)25)21-10-6-5-9-14(21)18-15/h3-10H,1-2H3. The second-order valence-electron chi connectivity index (χ2n) is 5.68. The predicted molar refractivity (Wildman–Crippen MR) is 96.8 cm³/mol. The minimum absolute atomic E-state index is 0.0809. The van der Waals surface area contributed by atoms with Crippen LogP contribution in [0.1, 0.15) is 11.4 Å². The molecule has 0 radical (unpaired) electrons. The van der Waals surface area contributed by atoms with E-state index in [-0.39, 0.29) is 10.8 Å². The van der Waals surface area contributed by atoms with Crippen LogP contribution in [-0.4, -0.2) is 29.1 Å². The Kier molecular flexibility index (Phi) is 3.92. The Labute approximate surface area is 152 Å². The van der Waals surface area contributed by atoms with Gasteiger partial charge in [0.05, 0.1) is 11.9 Å². The summed E-state index contributed by atoms with van der Waals surface area (Å²) in [4.78, 5) is 15.6. The summed E-state index contributed by atoms with van der Waals surface area (Å²) >= 11 is 1.14. The maximum absolute atomic E-state index is 11.6. The summed E-state index contributed by atoms with van der Waals surface area (Å²) in [5.41, 5.74) is 2.51. The molecule has 0 saturated carbocycles. The smallest absolute Gasteiger partial charge is 0.358 e. The van der Waals surface area contributed by atoms with Gasteiger partial charge in [0.15, 0.2) is 0 Å². The molecule has 26 heavy (non-hydrogen) atoms. The highest BCUT2D eigenvalue weighted by Crippen LogP contribution is 2.35. The van der Waals surface area contributed by atoms with Gasteiger partial charge < -0.3 is 10.1 Å². The van der Waals surface area contributed by atoms with Gasteiger partial charge in [0.1, 0.15) is 5.82 Å². The van der Waals surface area contributed by atoms with Crippen LogP contribution in [0.15, 0.2) is 58.8 Å². The number of aryl methyl sites for hydroxylation is 2. The number of nitrogens with zero attached hydrogens (tertiary/aromatic N) is 6. The van der Waals surface area contributed by atoms with Gasteiger partial charge in [-0.25, -0.2) is 0 Å². The van der Waals surface area contributed by atoms with E-state index in [1.165, 1.54) is 4.40 Å². The molecular weight excluding hydrogens is 352 g/mol. The number of hydrogen-bond donors (Lipinski definition) is 0. The number of para-hydroxylation sites is 1. The lowest BCUT2D eigenvalue weighted by Gasteiger charge is -2.10. The molecule has 0 saturated heterocycles. The maximum atomic E-state index is 11.6. The van der Waals surface area contributed by atoms with Crippen molar-refractivity contribution in [1.29, 1.82) is 0 Å². The molecule has 1 aromatic carbocycles. The molecule has 0 unspecified atom stereocenters. The fourth-order valence-electron chi connectivity index (χ4n) is 2.78. The van der Waals surface area contributed by atoms with E-state index in [2.05, 4.69) is 15.2 Å². The van der Waals surface area contributed by atoms with Crippen molar-refractivity contribution in [3.8, 4) is 5.69 Å². The molecule has 0 aliphatic heterocycles. The van der Waals surface area contributed by atoms with Crippen molar-refractivity contribution in [1.82, 2.24) is 24.1 Å². The van der Waals surface area contributed by atoms with Crippen LogP contribution in [0.3, 0.4) is 0 Å². The Bertz CT molecular complexity index is 1130. The van der Waals surface area contributed by atoms with Crippen LogP contribution >= 0.6 is 11.8 Å². The van der Waals surface area contributed by atoms with E-state index >= 15 is 0 Å². The van der Waals surface area contributed by atoms with Crippen molar-refractivity contribution >= 4 is 23.2 Å². The normalized spacial score (nSPS) is 11.2. The average molecular weight is 366 g/mol. The molecule has 4 rings (SSSR count). The second kappa shape index (κ2) is 6.26. The van der Waals surface area contributed by atoms with E-state index in [0.29, 0.717) is 16.6 Å². The van der Waals surface area contributed by atoms with Crippen LogP contribution in [-0.2, 0) is 0 Å². The highest BCUT2D eigenvalue weighted by molar-refractivity contribution is 7.99. The van der Waals surface area contributed by atoms with Gasteiger partial charge in [0.2, 0.25) is 15.8 Å². The van der Waals surface area contributed by atoms with Gasteiger partial charge >= 0.3 is 5.82 Å². The molecule has 0 fully saturated rings. The number of imidazole rings is 1. The monoisotopic (exact) mass is 366 g/mol. The van der Waals surface area contributed by atoms with Gasteiger partial charge in [-0.05, 0) is 48.2 Å². The molecule has 0 N–H and O–H groups in total. The number of aromatic nitrogens is 5. The highest BCUT2D eigenvalue weighted by atomic mass is 32.2. The third kappa shape index (κ3) is 2.62. The zero-order valence-corrected chi connectivity index (χ0v) is 14.8. The van der Waals surface area contributed by atoms with Crippen LogP contribution in [0.2, 0.25) is 0 Å². The second-order valence-corrected chi connectivity index (χ2v) is 6.64. The van der Waals surface area contributed by atoms with Crippen LogP contribution in [0.4, 0.5) is 5.82 Å². The lowest BCUT2D eigenvalue weighted by Crippen LogP contribution is -2.01. The fourth-order valence-corrected chi connectivity index (χ4v) is 3.76. The Balaban J connectivity index is 1.85. The van der Waals surface area contributed by atoms with Gasteiger partial charge in [0.25, 0.3) is 0 Å². The van der Waals surface area contributed by atoms with E-state index in [1.807, 2.05) is 42.7 Å². The number of nitro groups is 1. The SMILES string of the molecule is Cc1ccccc1-n1c(C)nnc1Sc1nc2ccccn2c1[N+](=O)[O-]. The summed E-state index contributed by atoms with van der Waals surface area (Å²) in [6.07, 6.45) is 1.63. The van der Waals surface area contributed by atoms with Gasteiger partial charge in [-0.2, -0.15) is 9.38 Å². The third-order valence-electron chi connectivity index (χ3n) is 3.99. The molecule has 0 aliphatic carbocycles. The first kappa shape index (κ1) is 16.3. The quantitative estimate of drug-likeness (QED) is 0.405. The van der Waals surface area contributed by atoms with Gasteiger partial charge in [0, 0.05) is 6.07 Å². The van der Waals surface area contributed by atoms with E-state index in [9.17, 15) is 10.1 Å². The first-order valence-corrected chi connectivity index (χ1v) is 8.65. The van der Waals surface area contributed by atoms with Crippen LogP contribution in [0.5, 0.6) is 0 Å². The van der Waals surface area contributed by atoms with Gasteiger partial charge in [-0.15, -0.1) is 10.2 Å². The summed E-state index contributed by atoms with van der Waals surface area (Å²) in [6, 6.07) is 13.1. The summed E-state index contributed by atoms with van der Waals surface area (Å²) in [5.74, 6) is 0.621. The third-order valence-corrected chi connectivity index (χ3v) is 4.90. The number of hydrogen-bond acceptors (Lipinski definition) is 6. The molecule has 8 nitrogen and oxygen atoms in total. The van der Waals surface area contributed by atoms with E-state index in [1.54, 1.807) is 24.4 Å². The molecule has 0 aliphatic rings. The van der Waals surface area contributed by atoms with E-state index < -0.39 is 4.92 Å². The van der Waals surface area contributed by atoms with Crippen molar-refractivity contribution in [2.45, 2.75) is 24.0 Å². The summed E-state index contributed by atoms with van der Waals surface area (Å²) in [5, 5.41) is 20.8. The van der Waals surface area contributed by atoms with Crippen molar-refractivity contribution in [2.24, 2.45) is 0 Å². The van der Waals surface area contributed by atoms with Crippen molar-refractivity contribution in [3.63, 3.8) is 0 Å². The molecule has 3 heterocycles. The molecule has 0 amide bonds. The molecule has 130 valence electrons. The Morgan fingerprint density at radius 1 is 1.08 bits per heavy atom.